The summed E-state index contributed by atoms with van der Waals surface area (Å²) in [5.74, 6) is 1.42. The van der Waals surface area contributed by atoms with Crippen LogP contribution in [0.5, 0.6) is 17.2 Å². The van der Waals surface area contributed by atoms with Crippen LogP contribution in [0.15, 0.2) is 50.9 Å². The van der Waals surface area contributed by atoms with Crippen LogP contribution in [-0.2, 0) is 10.0 Å². The van der Waals surface area contributed by atoms with Gasteiger partial charge in [-0.05, 0) is 51.8 Å². The highest BCUT2D eigenvalue weighted by Crippen LogP contribution is 2.29. The largest absolute Gasteiger partial charge is 0.496 e. The summed E-state index contributed by atoms with van der Waals surface area (Å²) in [6, 6.07) is 9.53. The number of rotatable bonds is 7. The highest BCUT2D eigenvalue weighted by atomic mass is 79.9. The van der Waals surface area contributed by atoms with Crippen LogP contribution in [0, 0.1) is 0 Å². The van der Waals surface area contributed by atoms with Crippen LogP contribution in [-0.4, -0.2) is 36.0 Å². The van der Waals surface area contributed by atoms with Gasteiger partial charge in [0.25, 0.3) is 10.0 Å². The number of nitrogens with one attached hydrogen (secondary N) is 1. The van der Waals surface area contributed by atoms with Crippen molar-refractivity contribution in [1.29, 1.82) is 0 Å². The lowest BCUT2D eigenvalue weighted by molar-refractivity contribution is 0.354. The highest BCUT2D eigenvalue weighted by Gasteiger charge is 2.16. The van der Waals surface area contributed by atoms with E-state index in [4.69, 9.17) is 14.2 Å². The van der Waals surface area contributed by atoms with Crippen LogP contribution in [0.3, 0.4) is 0 Å². The molecule has 0 aliphatic rings. The SMILES string of the molecule is COc1ccc(/C=N/NS(=O)(=O)c2ccc(OC)c(OC)c2)cc1Br. The van der Waals surface area contributed by atoms with Crippen molar-refractivity contribution >= 4 is 32.2 Å². The van der Waals surface area contributed by atoms with Gasteiger partial charge in [-0.1, -0.05) is 0 Å². The molecule has 25 heavy (non-hydrogen) atoms. The first kappa shape index (κ1) is 19.1. The normalized spacial score (nSPS) is 11.4. The maximum atomic E-state index is 12.3. The fourth-order valence-electron chi connectivity index (χ4n) is 1.97. The van der Waals surface area contributed by atoms with Gasteiger partial charge >= 0.3 is 0 Å². The molecule has 0 radical (unpaired) electrons. The minimum absolute atomic E-state index is 0.0122. The average Bonchev–Trinajstić information content (AvgIpc) is 2.61. The molecule has 9 heteroatoms. The zero-order valence-corrected chi connectivity index (χ0v) is 16.2. The molecule has 0 heterocycles. The molecule has 2 rings (SSSR count). The van der Waals surface area contributed by atoms with Gasteiger partial charge in [0.05, 0.1) is 36.9 Å². The molecule has 134 valence electrons. The molecule has 0 aliphatic carbocycles. The van der Waals surface area contributed by atoms with Crippen LogP contribution < -0.4 is 19.0 Å². The molecule has 0 atom stereocenters. The van der Waals surface area contributed by atoms with E-state index in [1.54, 1.807) is 25.3 Å². The molecule has 0 saturated heterocycles. The Morgan fingerprint density at radius 2 is 1.60 bits per heavy atom. The maximum absolute atomic E-state index is 12.3. The summed E-state index contributed by atoms with van der Waals surface area (Å²) in [6.07, 6.45) is 1.39. The molecule has 2 aromatic rings. The average molecular weight is 429 g/mol. The van der Waals surface area contributed by atoms with Gasteiger partial charge in [0.2, 0.25) is 0 Å². The first-order valence-electron chi connectivity index (χ1n) is 7.01. The molecule has 0 aliphatic heterocycles. The predicted molar refractivity (Wildman–Crippen MR) is 98.2 cm³/mol. The number of hydrazone groups is 1. The standard InChI is InChI=1S/C16H17BrN2O5S/c1-22-14-6-4-11(8-13(14)17)10-18-19-25(20,21)12-5-7-15(23-2)16(9-12)24-3/h4-10,19H,1-3H3/b18-10+. The first-order valence-corrected chi connectivity index (χ1v) is 9.29. The van der Waals surface area contributed by atoms with E-state index < -0.39 is 10.0 Å². The minimum Gasteiger partial charge on any atom is -0.496 e. The number of ether oxygens (including phenoxy) is 3. The Bertz CT molecular complexity index is 884. The lowest BCUT2D eigenvalue weighted by atomic mass is 10.2. The van der Waals surface area contributed by atoms with E-state index in [0.29, 0.717) is 22.8 Å². The summed E-state index contributed by atoms with van der Waals surface area (Å²) in [7, 11) is 0.635. The third kappa shape index (κ3) is 4.64. The molecule has 0 amide bonds. The molecule has 0 bridgehead atoms. The Morgan fingerprint density at radius 3 is 2.20 bits per heavy atom. The van der Waals surface area contributed by atoms with Crippen molar-refractivity contribution in [2.24, 2.45) is 5.10 Å². The lowest BCUT2D eigenvalue weighted by Gasteiger charge is -2.09. The van der Waals surface area contributed by atoms with Gasteiger partial charge in [0.1, 0.15) is 5.75 Å². The summed E-state index contributed by atoms with van der Waals surface area (Å²) in [5, 5.41) is 3.79. The monoisotopic (exact) mass is 428 g/mol. The molecule has 1 N–H and O–H groups in total. The Balaban J connectivity index is 2.17. The Morgan fingerprint density at radius 1 is 0.960 bits per heavy atom. The van der Waals surface area contributed by atoms with Gasteiger partial charge in [-0.3, -0.25) is 0 Å². The van der Waals surface area contributed by atoms with Gasteiger partial charge in [-0.2, -0.15) is 13.5 Å². The third-order valence-corrected chi connectivity index (χ3v) is 5.07. The van der Waals surface area contributed by atoms with Crippen LogP contribution in [0.25, 0.3) is 0 Å². The smallest absolute Gasteiger partial charge is 0.276 e. The van der Waals surface area contributed by atoms with Gasteiger partial charge in [-0.15, -0.1) is 0 Å². The quantitative estimate of drug-likeness (QED) is 0.541. The van der Waals surface area contributed by atoms with E-state index in [0.717, 1.165) is 4.47 Å². The fourth-order valence-corrected chi connectivity index (χ4v) is 3.33. The molecule has 2 aromatic carbocycles. The summed E-state index contributed by atoms with van der Waals surface area (Å²) >= 11 is 3.35. The van der Waals surface area contributed by atoms with Gasteiger partial charge in [0, 0.05) is 6.07 Å². The number of sulfonamides is 1. The topological polar surface area (TPSA) is 86.2 Å². The number of hydrogen-bond donors (Lipinski definition) is 1. The zero-order chi connectivity index (χ0) is 18.4. The highest BCUT2D eigenvalue weighted by molar-refractivity contribution is 9.10. The fraction of sp³-hybridized carbons (Fsp3) is 0.188. The summed E-state index contributed by atoms with van der Waals surface area (Å²) in [6.45, 7) is 0. The van der Waals surface area contributed by atoms with Crippen LogP contribution in [0.4, 0.5) is 0 Å². The lowest BCUT2D eigenvalue weighted by Crippen LogP contribution is -2.18. The van der Waals surface area contributed by atoms with E-state index in [2.05, 4.69) is 25.9 Å². The van der Waals surface area contributed by atoms with Crippen molar-refractivity contribution in [3.63, 3.8) is 0 Å². The summed E-state index contributed by atoms with van der Waals surface area (Å²) in [4.78, 5) is 2.17. The number of nitrogens with zero attached hydrogens (tertiary/aromatic N) is 1. The second-order valence-electron chi connectivity index (χ2n) is 4.76. The van der Waals surface area contributed by atoms with Crippen molar-refractivity contribution in [2.45, 2.75) is 4.90 Å². The molecule has 0 unspecified atom stereocenters. The molecule has 7 nitrogen and oxygen atoms in total. The van der Waals surface area contributed by atoms with E-state index in [9.17, 15) is 8.42 Å². The number of methoxy groups -OCH3 is 3. The Kier molecular flexibility index (Phi) is 6.27. The van der Waals surface area contributed by atoms with Crippen LogP contribution >= 0.6 is 15.9 Å². The van der Waals surface area contributed by atoms with Crippen molar-refractivity contribution in [1.82, 2.24) is 4.83 Å². The number of halogens is 1. The summed E-state index contributed by atoms with van der Waals surface area (Å²) in [5.41, 5.74) is 0.697. The number of hydrogen-bond acceptors (Lipinski definition) is 6. The van der Waals surface area contributed by atoms with E-state index in [1.807, 2.05) is 0 Å². The molecule has 0 spiro atoms. The van der Waals surface area contributed by atoms with Crippen LogP contribution in [0.1, 0.15) is 5.56 Å². The van der Waals surface area contributed by atoms with E-state index in [-0.39, 0.29) is 4.90 Å². The second-order valence-corrected chi connectivity index (χ2v) is 7.28. The zero-order valence-electron chi connectivity index (χ0n) is 13.8. The summed E-state index contributed by atoms with van der Waals surface area (Å²) < 4.78 is 40.7. The third-order valence-electron chi connectivity index (χ3n) is 3.23. The van der Waals surface area contributed by atoms with Gasteiger partial charge in [-0.25, -0.2) is 4.83 Å². The molecule has 0 aromatic heterocycles. The van der Waals surface area contributed by atoms with Crippen molar-refractivity contribution in [3.05, 3.63) is 46.4 Å². The minimum atomic E-state index is -3.83. The van der Waals surface area contributed by atoms with Crippen molar-refractivity contribution < 1.29 is 22.6 Å². The van der Waals surface area contributed by atoms with Gasteiger partial charge < -0.3 is 14.2 Å². The molecule has 0 fully saturated rings. The van der Waals surface area contributed by atoms with Gasteiger partial charge in [0.15, 0.2) is 11.5 Å². The van der Waals surface area contributed by atoms with Crippen LogP contribution in [0.2, 0.25) is 0 Å². The Hall–Kier alpha value is -2.26. The number of benzene rings is 2. The second kappa shape index (κ2) is 8.21. The molecular weight excluding hydrogens is 412 g/mol. The maximum Gasteiger partial charge on any atom is 0.276 e. The van der Waals surface area contributed by atoms with Crippen molar-refractivity contribution in [2.75, 3.05) is 21.3 Å². The van der Waals surface area contributed by atoms with E-state index >= 15 is 0 Å². The molecule has 0 saturated carbocycles. The predicted octanol–water partition coefficient (Wildman–Crippen LogP) is 2.79. The van der Waals surface area contributed by atoms with E-state index in [1.165, 1.54) is 38.6 Å². The van der Waals surface area contributed by atoms with Crippen molar-refractivity contribution in [3.8, 4) is 17.2 Å². The molecular formula is C16H17BrN2O5S. The Labute approximate surface area is 154 Å². The first-order chi connectivity index (χ1) is 11.9.